The van der Waals surface area contributed by atoms with E-state index in [9.17, 15) is 0 Å². The fraction of sp³-hybridized carbons (Fsp3) is 0.348. The van der Waals surface area contributed by atoms with Gasteiger partial charge in [-0.05, 0) is 43.4 Å². The average Bonchev–Trinajstić information content (AvgIpc) is 3.57. The van der Waals surface area contributed by atoms with Crippen LogP contribution >= 0.6 is 0 Å². The van der Waals surface area contributed by atoms with Gasteiger partial charge in [0.2, 0.25) is 0 Å². The summed E-state index contributed by atoms with van der Waals surface area (Å²) in [7, 11) is 1.65. The molecule has 30 heavy (non-hydrogen) atoms. The van der Waals surface area contributed by atoms with Crippen LogP contribution in [0.15, 0.2) is 36.7 Å². The molecule has 152 valence electrons. The minimum Gasteiger partial charge on any atom is -0.495 e. The van der Waals surface area contributed by atoms with Crippen molar-refractivity contribution in [3.05, 3.63) is 47.8 Å². The summed E-state index contributed by atoms with van der Waals surface area (Å²) in [6.07, 6.45) is 8.28. The van der Waals surface area contributed by atoms with Crippen molar-refractivity contribution in [2.45, 2.75) is 31.7 Å². The van der Waals surface area contributed by atoms with Crippen LogP contribution in [0.4, 0.5) is 0 Å². The number of aryl methyl sites for hydroxylation is 1. The second-order valence-corrected chi connectivity index (χ2v) is 8.14. The molecular formula is C23H24N6O. The van der Waals surface area contributed by atoms with Gasteiger partial charge >= 0.3 is 0 Å². The van der Waals surface area contributed by atoms with E-state index in [-0.39, 0.29) is 0 Å². The zero-order valence-electron chi connectivity index (χ0n) is 17.0. The quantitative estimate of drug-likeness (QED) is 0.548. The predicted octanol–water partition coefficient (Wildman–Crippen LogP) is 3.52. The fourth-order valence-corrected chi connectivity index (χ4v) is 4.96. The molecule has 0 bridgehead atoms. The Bertz CT molecular complexity index is 1230. The van der Waals surface area contributed by atoms with E-state index in [1.807, 2.05) is 12.3 Å². The van der Waals surface area contributed by atoms with Crippen LogP contribution in [0.1, 0.15) is 30.0 Å². The molecule has 0 amide bonds. The largest absolute Gasteiger partial charge is 0.495 e. The summed E-state index contributed by atoms with van der Waals surface area (Å²) < 4.78 is 7.53. The van der Waals surface area contributed by atoms with Gasteiger partial charge in [-0.3, -0.25) is 9.78 Å². The number of ether oxygens (including phenoxy) is 1. The van der Waals surface area contributed by atoms with E-state index in [4.69, 9.17) is 9.84 Å². The zero-order valence-corrected chi connectivity index (χ0v) is 17.0. The molecule has 6 rings (SSSR count). The Hall–Kier alpha value is -3.19. The third-order valence-corrected chi connectivity index (χ3v) is 6.44. The molecule has 0 saturated carbocycles. The lowest BCUT2D eigenvalue weighted by molar-refractivity contribution is 0.413. The van der Waals surface area contributed by atoms with Crippen molar-refractivity contribution in [2.75, 3.05) is 20.2 Å². The highest BCUT2D eigenvalue weighted by atomic mass is 16.5. The molecule has 4 heterocycles. The van der Waals surface area contributed by atoms with E-state index < -0.39 is 0 Å². The van der Waals surface area contributed by atoms with Crippen LogP contribution < -0.4 is 10.1 Å². The topological polar surface area (TPSA) is 80.7 Å². The number of benzene rings is 1. The molecule has 7 heteroatoms. The van der Waals surface area contributed by atoms with Crippen molar-refractivity contribution in [3.63, 3.8) is 0 Å². The van der Waals surface area contributed by atoms with Gasteiger partial charge in [-0.1, -0.05) is 18.2 Å². The van der Waals surface area contributed by atoms with Gasteiger partial charge in [0, 0.05) is 18.2 Å². The molecule has 1 aromatic carbocycles. The van der Waals surface area contributed by atoms with E-state index in [1.165, 1.54) is 23.1 Å². The molecule has 3 aromatic heterocycles. The zero-order chi connectivity index (χ0) is 20.1. The standard InChI is InChI=1S/C23H24N6O/c1-30-16-10-20-22(25-12-16)21(28-27-20)19-13-26-29(15-8-9-24-11-15)23(19)18-7-3-5-14-4-2-6-17(14)18/h3,5,7,10,12-13,15,24H,2,4,6,8-9,11H2,1H3,(H,27,28). The lowest BCUT2D eigenvalue weighted by Gasteiger charge is -2.17. The molecule has 2 N–H and O–H groups in total. The number of rotatable bonds is 4. The SMILES string of the molecule is COc1cnc2c(-c3cnn(C4CCNC4)c3-c3cccc4c3CCC4)n[nH]c2c1. The van der Waals surface area contributed by atoms with Crippen molar-refractivity contribution in [1.82, 2.24) is 30.3 Å². The van der Waals surface area contributed by atoms with Gasteiger partial charge in [0.05, 0.1) is 42.3 Å². The number of pyridine rings is 1. The Morgan fingerprint density at radius 3 is 3.00 bits per heavy atom. The number of aromatic amines is 1. The van der Waals surface area contributed by atoms with Gasteiger partial charge in [0.25, 0.3) is 0 Å². The van der Waals surface area contributed by atoms with E-state index >= 15 is 0 Å². The van der Waals surface area contributed by atoms with Gasteiger partial charge < -0.3 is 10.1 Å². The summed E-state index contributed by atoms with van der Waals surface area (Å²) in [4.78, 5) is 4.63. The molecule has 1 fully saturated rings. The first-order valence-corrected chi connectivity index (χ1v) is 10.6. The number of hydrogen-bond donors (Lipinski definition) is 2. The summed E-state index contributed by atoms with van der Waals surface area (Å²) in [5, 5.41) is 16.1. The molecule has 7 nitrogen and oxygen atoms in total. The molecule has 1 aliphatic carbocycles. The van der Waals surface area contributed by atoms with Crippen LogP contribution in [-0.4, -0.2) is 45.2 Å². The maximum absolute atomic E-state index is 5.32. The second kappa shape index (κ2) is 6.95. The van der Waals surface area contributed by atoms with Gasteiger partial charge in [-0.15, -0.1) is 0 Å². The Morgan fingerprint density at radius 2 is 2.13 bits per heavy atom. The van der Waals surface area contributed by atoms with Crippen LogP contribution in [0.5, 0.6) is 5.75 Å². The second-order valence-electron chi connectivity index (χ2n) is 8.14. The summed E-state index contributed by atoms with van der Waals surface area (Å²) in [5.41, 5.74) is 8.95. The summed E-state index contributed by atoms with van der Waals surface area (Å²) >= 11 is 0. The highest BCUT2D eigenvalue weighted by Gasteiger charge is 2.28. The lowest BCUT2D eigenvalue weighted by Crippen LogP contribution is -2.15. The number of methoxy groups -OCH3 is 1. The van der Waals surface area contributed by atoms with Gasteiger partial charge in [-0.2, -0.15) is 10.2 Å². The number of hydrogen-bond acceptors (Lipinski definition) is 5. The first-order chi connectivity index (χ1) is 14.8. The lowest BCUT2D eigenvalue weighted by atomic mass is 9.97. The minimum atomic E-state index is 0.351. The van der Waals surface area contributed by atoms with Gasteiger partial charge in [0.15, 0.2) is 0 Å². The highest BCUT2D eigenvalue weighted by molar-refractivity contribution is 5.94. The molecule has 1 atom stereocenters. The number of nitrogens with zero attached hydrogens (tertiary/aromatic N) is 4. The van der Waals surface area contributed by atoms with Crippen LogP contribution in [0.3, 0.4) is 0 Å². The smallest absolute Gasteiger partial charge is 0.139 e. The molecule has 2 aliphatic rings. The Balaban J connectivity index is 1.58. The average molecular weight is 400 g/mol. The minimum absolute atomic E-state index is 0.351. The van der Waals surface area contributed by atoms with Gasteiger partial charge in [0.1, 0.15) is 17.0 Å². The normalized spacial score (nSPS) is 18.2. The Labute approximate surface area is 174 Å². The van der Waals surface area contributed by atoms with Crippen molar-refractivity contribution in [1.29, 1.82) is 0 Å². The molecular weight excluding hydrogens is 376 g/mol. The Morgan fingerprint density at radius 1 is 1.17 bits per heavy atom. The number of fused-ring (bicyclic) bond motifs is 2. The van der Waals surface area contributed by atoms with Crippen molar-refractivity contribution >= 4 is 11.0 Å². The number of aromatic nitrogens is 5. The maximum Gasteiger partial charge on any atom is 0.139 e. The number of H-pyrrole nitrogens is 1. The molecule has 1 aliphatic heterocycles. The monoisotopic (exact) mass is 400 g/mol. The maximum atomic E-state index is 5.32. The van der Waals surface area contributed by atoms with Crippen molar-refractivity contribution in [3.8, 4) is 28.3 Å². The first kappa shape index (κ1) is 17.7. The summed E-state index contributed by atoms with van der Waals surface area (Å²) in [6.45, 7) is 1.97. The summed E-state index contributed by atoms with van der Waals surface area (Å²) in [6, 6.07) is 8.98. The Kier molecular flexibility index (Phi) is 4.09. The molecule has 0 spiro atoms. The fourth-order valence-electron chi connectivity index (χ4n) is 4.96. The van der Waals surface area contributed by atoms with E-state index in [2.05, 4.69) is 43.4 Å². The molecule has 0 radical (unpaired) electrons. The molecule has 4 aromatic rings. The van der Waals surface area contributed by atoms with Crippen LogP contribution in [-0.2, 0) is 12.8 Å². The third kappa shape index (κ3) is 2.65. The van der Waals surface area contributed by atoms with Crippen LogP contribution in [0.2, 0.25) is 0 Å². The van der Waals surface area contributed by atoms with E-state index in [0.717, 1.165) is 60.3 Å². The molecule has 1 unspecified atom stereocenters. The van der Waals surface area contributed by atoms with Crippen molar-refractivity contribution < 1.29 is 4.74 Å². The van der Waals surface area contributed by atoms with Crippen LogP contribution in [0, 0.1) is 0 Å². The van der Waals surface area contributed by atoms with E-state index in [0.29, 0.717) is 11.8 Å². The summed E-state index contributed by atoms with van der Waals surface area (Å²) in [5.74, 6) is 0.714. The highest BCUT2D eigenvalue weighted by Crippen LogP contribution is 2.40. The first-order valence-electron chi connectivity index (χ1n) is 10.6. The van der Waals surface area contributed by atoms with E-state index in [1.54, 1.807) is 13.3 Å². The van der Waals surface area contributed by atoms with Crippen LogP contribution in [0.25, 0.3) is 33.5 Å². The number of nitrogens with one attached hydrogen (secondary N) is 2. The third-order valence-electron chi connectivity index (χ3n) is 6.44. The molecule has 1 saturated heterocycles. The van der Waals surface area contributed by atoms with Gasteiger partial charge in [-0.25, -0.2) is 4.98 Å². The predicted molar refractivity (Wildman–Crippen MR) is 116 cm³/mol. The van der Waals surface area contributed by atoms with Crippen molar-refractivity contribution in [2.24, 2.45) is 0 Å².